The Morgan fingerprint density at radius 3 is 2.91 bits per heavy atom. The molecule has 8 heteroatoms. The third-order valence-electron chi connectivity index (χ3n) is 3.90. The van der Waals surface area contributed by atoms with Crippen LogP contribution >= 0.6 is 11.6 Å². The van der Waals surface area contributed by atoms with E-state index in [4.69, 9.17) is 16.7 Å². The highest BCUT2D eigenvalue weighted by atomic mass is 35.5. The van der Waals surface area contributed by atoms with Gasteiger partial charge >= 0.3 is 5.97 Å². The predicted molar refractivity (Wildman–Crippen MR) is 81.1 cm³/mol. The number of halogens is 2. The lowest BCUT2D eigenvalue weighted by Gasteiger charge is -2.21. The number of carbonyl (C=O) groups is 2. The molecule has 6 nitrogen and oxygen atoms in total. The minimum Gasteiger partial charge on any atom is -0.477 e. The molecule has 1 amide bonds. The molecule has 23 heavy (non-hydrogen) atoms. The van der Waals surface area contributed by atoms with Crippen LogP contribution in [0.15, 0.2) is 18.2 Å². The van der Waals surface area contributed by atoms with Crippen molar-refractivity contribution in [1.82, 2.24) is 10.2 Å². The molecule has 0 saturated carbocycles. The summed E-state index contributed by atoms with van der Waals surface area (Å²) in [7, 11) is 0. The molecular weight excluding hydrogens is 325 g/mol. The Labute approximate surface area is 135 Å². The summed E-state index contributed by atoms with van der Waals surface area (Å²) in [6.07, 6.45) is 1.40. The number of H-pyrrole nitrogens is 1. The normalized spacial score (nSPS) is 16.7. The molecule has 1 heterocycles. The number of carboxylic acids is 1. The quantitative estimate of drug-likeness (QED) is 0.802. The molecule has 0 aliphatic heterocycles. The van der Waals surface area contributed by atoms with Crippen LogP contribution in [0.4, 0.5) is 10.1 Å². The number of rotatable bonds is 3. The van der Waals surface area contributed by atoms with Crippen molar-refractivity contribution in [2.24, 2.45) is 5.92 Å². The minimum absolute atomic E-state index is 0.0299. The Hall–Kier alpha value is -2.41. The van der Waals surface area contributed by atoms with Crippen molar-refractivity contribution in [1.29, 1.82) is 0 Å². The summed E-state index contributed by atoms with van der Waals surface area (Å²) in [5.41, 5.74) is 1.69. The van der Waals surface area contributed by atoms with Gasteiger partial charge in [-0.25, -0.2) is 9.18 Å². The first kappa shape index (κ1) is 15.5. The number of hydrogen-bond donors (Lipinski definition) is 3. The van der Waals surface area contributed by atoms with Gasteiger partial charge < -0.3 is 10.4 Å². The molecule has 1 aliphatic carbocycles. The Morgan fingerprint density at radius 2 is 2.22 bits per heavy atom. The molecule has 1 aromatic heterocycles. The van der Waals surface area contributed by atoms with Gasteiger partial charge in [0.25, 0.3) is 0 Å². The van der Waals surface area contributed by atoms with Crippen LogP contribution in [0, 0.1) is 11.7 Å². The number of carboxylic acid groups (broad SMARTS) is 1. The summed E-state index contributed by atoms with van der Waals surface area (Å²) in [5, 5.41) is 18.2. The fraction of sp³-hybridized carbons (Fsp3) is 0.267. The van der Waals surface area contributed by atoms with Crippen molar-refractivity contribution in [2.75, 3.05) is 5.32 Å². The maximum atomic E-state index is 13.1. The van der Waals surface area contributed by atoms with Crippen molar-refractivity contribution >= 4 is 29.2 Å². The van der Waals surface area contributed by atoms with E-state index in [1.807, 2.05) is 0 Å². The van der Waals surface area contributed by atoms with Gasteiger partial charge in [0.2, 0.25) is 5.91 Å². The zero-order valence-corrected chi connectivity index (χ0v) is 12.7. The molecule has 2 aromatic rings. The van der Waals surface area contributed by atoms with E-state index in [0.29, 0.717) is 36.2 Å². The van der Waals surface area contributed by atoms with Gasteiger partial charge in [-0.3, -0.25) is 9.89 Å². The number of nitrogens with zero attached hydrogens (tertiary/aromatic N) is 1. The monoisotopic (exact) mass is 337 g/mol. The summed E-state index contributed by atoms with van der Waals surface area (Å²) < 4.78 is 13.1. The van der Waals surface area contributed by atoms with E-state index in [-0.39, 0.29) is 22.5 Å². The molecule has 0 radical (unpaired) electrons. The lowest BCUT2D eigenvalue weighted by Crippen LogP contribution is -2.28. The summed E-state index contributed by atoms with van der Waals surface area (Å²) in [5.74, 6) is -2.28. The Bertz CT molecular complexity index is 790. The van der Waals surface area contributed by atoms with Gasteiger partial charge in [0.05, 0.1) is 10.7 Å². The van der Waals surface area contributed by atoms with Crippen molar-refractivity contribution in [3.8, 4) is 0 Å². The molecule has 0 saturated heterocycles. The van der Waals surface area contributed by atoms with Crippen LogP contribution in [0.1, 0.15) is 28.2 Å². The molecule has 0 bridgehead atoms. The standard InChI is InChI=1S/C15H13ClFN3O3/c16-10-6-8(2-3-11(10)17)18-14(21)7-1-4-12-9(5-7)13(15(22)23)20-19-12/h2-3,6-7H,1,4-5H2,(H,18,21)(H,19,20)(H,22,23). The highest BCUT2D eigenvalue weighted by molar-refractivity contribution is 6.31. The number of aryl methyl sites for hydroxylation is 1. The van der Waals surface area contributed by atoms with Gasteiger partial charge in [-0.05, 0) is 37.5 Å². The first-order valence-electron chi connectivity index (χ1n) is 7.01. The minimum atomic E-state index is -1.09. The van der Waals surface area contributed by atoms with E-state index in [9.17, 15) is 14.0 Å². The first-order chi connectivity index (χ1) is 11.0. The number of amides is 1. The second-order valence-corrected chi connectivity index (χ2v) is 5.79. The van der Waals surface area contributed by atoms with E-state index in [2.05, 4.69) is 15.5 Å². The molecule has 1 atom stereocenters. The van der Waals surface area contributed by atoms with Gasteiger partial charge in [-0.2, -0.15) is 5.10 Å². The molecule has 0 fully saturated rings. The lowest BCUT2D eigenvalue weighted by atomic mass is 9.85. The van der Waals surface area contributed by atoms with Gasteiger partial charge in [-0.15, -0.1) is 0 Å². The van der Waals surface area contributed by atoms with E-state index in [1.54, 1.807) is 0 Å². The molecule has 1 unspecified atom stereocenters. The second kappa shape index (κ2) is 6.00. The Balaban J connectivity index is 1.75. The molecule has 3 rings (SSSR count). The Kier molecular flexibility index (Phi) is 4.04. The summed E-state index contributed by atoms with van der Waals surface area (Å²) in [6, 6.07) is 3.94. The lowest BCUT2D eigenvalue weighted by molar-refractivity contribution is -0.120. The highest BCUT2D eigenvalue weighted by Gasteiger charge is 2.30. The summed E-state index contributed by atoms with van der Waals surface area (Å²) >= 11 is 5.69. The molecule has 1 aromatic carbocycles. The Morgan fingerprint density at radius 1 is 1.43 bits per heavy atom. The SMILES string of the molecule is O=C(O)c1[nH]nc2c1CC(C(=O)Nc1ccc(F)c(Cl)c1)CC2. The number of fused-ring (bicyclic) bond motifs is 1. The number of aromatic amines is 1. The highest BCUT2D eigenvalue weighted by Crippen LogP contribution is 2.28. The number of anilines is 1. The summed E-state index contributed by atoms with van der Waals surface area (Å²) in [6.45, 7) is 0. The fourth-order valence-corrected chi connectivity index (χ4v) is 2.89. The zero-order valence-electron chi connectivity index (χ0n) is 11.9. The van der Waals surface area contributed by atoms with Crippen molar-refractivity contribution in [3.05, 3.63) is 46.0 Å². The summed E-state index contributed by atoms with van der Waals surface area (Å²) in [4.78, 5) is 23.5. The average molecular weight is 338 g/mol. The molecule has 120 valence electrons. The van der Waals surface area contributed by atoms with E-state index < -0.39 is 11.8 Å². The van der Waals surface area contributed by atoms with Crippen LogP contribution in [0.5, 0.6) is 0 Å². The van der Waals surface area contributed by atoms with E-state index in [1.165, 1.54) is 18.2 Å². The van der Waals surface area contributed by atoms with Crippen molar-refractivity contribution < 1.29 is 19.1 Å². The topological polar surface area (TPSA) is 95.1 Å². The third kappa shape index (κ3) is 3.05. The van der Waals surface area contributed by atoms with Crippen LogP contribution in [0.3, 0.4) is 0 Å². The number of benzene rings is 1. The van der Waals surface area contributed by atoms with Crippen LogP contribution in [0.25, 0.3) is 0 Å². The maximum Gasteiger partial charge on any atom is 0.354 e. The van der Waals surface area contributed by atoms with Gasteiger partial charge in [0.1, 0.15) is 11.5 Å². The van der Waals surface area contributed by atoms with Crippen LogP contribution in [0.2, 0.25) is 5.02 Å². The number of nitrogens with one attached hydrogen (secondary N) is 2. The maximum absolute atomic E-state index is 13.1. The van der Waals surface area contributed by atoms with Crippen molar-refractivity contribution in [3.63, 3.8) is 0 Å². The predicted octanol–water partition coefficient (Wildman–Crippen LogP) is 2.64. The number of carbonyl (C=O) groups excluding carboxylic acids is 1. The van der Waals surface area contributed by atoms with Crippen molar-refractivity contribution in [2.45, 2.75) is 19.3 Å². The van der Waals surface area contributed by atoms with Gasteiger partial charge in [0.15, 0.2) is 0 Å². The van der Waals surface area contributed by atoms with Gasteiger partial charge in [0, 0.05) is 17.2 Å². The molecular formula is C15H13ClFN3O3. The van der Waals surface area contributed by atoms with E-state index in [0.717, 1.165) is 0 Å². The molecule has 3 N–H and O–H groups in total. The van der Waals surface area contributed by atoms with Crippen LogP contribution < -0.4 is 5.32 Å². The van der Waals surface area contributed by atoms with Gasteiger partial charge in [-0.1, -0.05) is 11.6 Å². The number of hydrogen-bond acceptors (Lipinski definition) is 3. The third-order valence-corrected chi connectivity index (χ3v) is 4.19. The number of aromatic nitrogens is 2. The van der Waals surface area contributed by atoms with Crippen LogP contribution in [-0.4, -0.2) is 27.2 Å². The zero-order chi connectivity index (χ0) is 16.6. The largest absolute Gasteiger partial charge is 0.477 e. The molecule has 1 aliphatic rings. The molecule has 0 spiro atoms. The average Bonchev–Trinajstić information content (AvgIpc) is 2.94. The second-order valence-electron chi connectivity index (χ2n) is 5.39. The van der Waals surface area contributed by atoms with E-state index >= 15 is 0 Å². The van der Waals surface area contributed by atoms with Crippen LogP contribution in [-0.2, 0) is 17.6 Å². The smallest absolute Gasteiger partial charge is 0.354 e. The first-order valence-corrected chi connectivity index (χ1v) is 7.39. The number of aromatic carboxylic acids is 1. The fourth-order valence-electron chi connectivity index (χ4n) is 2.71.